The first-order valence-electron chi connectivity index (χ1n) is 9.56. The molecule has 148 valence electrons. The Morgan fingerprint density at radius 2 is 1.93 bits per heavy atom. The SMILES string of the molecule is Cc1ccc([N+](=O)[O-])c(N2CCC/C(=C/c3noc(-c4ccccc4)n3)CC2)n1. The number of nitrogens with zero attached hydrogens (tertiary/aromatic N) is 5. The van der Waals surface area contributed by atoms with Crippen LogP contribution in [0.4, 0.5) is 11.5 Å². The first-order valence-corrected chi connectivity index (χ1v) is 9.56. The average molecular weight is 391 g/mol. The van der Waals surface area contributed by atoms with Crippen LogP contribution in [0, 0.1) is 17.0 Å². The zero-order chi connectivity index (χ0) is 20.2. The Kier molecular flexibility index (Phi) is 5.33. The topological polar surface area (TPSA) is 98.2 Å². The van der Waals surface area contributed by atoms with Crippen LogP contribution in [0.2, 0.25) is 0 Å². The molecule has 1 aliphatic rings. The van der Waals surface area contributed by atoms with Gasteiger partial charge in [0.1, 0.15) is 0 Å². The molecule has 4 rings (SSSR count). The summed E-state index contributed by atoms with van der Waals surface area (Å²) in [5, 5.41) is 15.5. The van der Waals surface area contributed by atoms with Crippen LogP contribution in [0.25, 0.3) is 17.5 Å². The lowest BCUT2D eigenvalue weighted by Gasteiger charge is -2.21. The van der Waals surface area contributed by atoms with Crippen molar-refractivity contribution in [2.45, 2.75) is 26.2 Å². The number of aryl methyl sites for hydroxylation is 1. The Balaban J connectivity index is 1.51. The molecule has 29 heavy (non-hydrogen) atoms. The molecule has 2 aromatic heterocycles. The molecule has 0 spiro atoms. The van der Waals surface area contributed by atoms with Gasteiger partial charge in [-0.25, -0.2) is 4.98 Å². The second-order valence-electron chi connectivity index (χ2n) is 7.02. The predicted molar refractivity (Wildman–Crippen MR) is 109 cm³/mol. The third-order valence-electron chi connectivity index (χ3n) is 4.91. The molecule has 1 fully saturated rings. The van der Waals surface area contributed by atoms with Gasteiger partial charge in [0.25, 0.3) is 5.89 Å². The van der Waals surface area contributed by atoms with Gasteiger partial charge in [-0.2, -0.15) is 4.98 Å². The summed E-state index contributed by atoms with van der Waals surface area (Å²) in [6.07, 6.45) is 4.48. The Labute approximate surface area is 168 Å². The van der Waals surface area contributed by atoms with E-state index in [1.54, 1.807) is 6.07 Å². The fourth-order valence-electron chi connectivity index (χ4n) is 3.45. The zero-order valence-electron chi connectivity index (χ0n) is 16.1. The molecule has 8 heteroatoms. The van der Waals surface area contributed by atoms with E-state index < -0.39 is 0 Å². The minimum Gasteiger partial charge on any atom is -0.351 e. The molecule has 0 saturated carbocycles. The van der Waals surface area contributed by atoms with Crippen LogP contribution >= 0.6 is 0 Å². The maximum Gasteiger partial charge on any atom is 0.311 e. The van der Waals surface area contributed by atoms with Crippen molar-refractivity contribution < 1.29 is 9.45 Å². The number of rotatable bonds is 4. The minimum atomic E-state index is -0.367. The number of anilines is 1. The highest BCUT2D eigenvalue weighted by atomic mass is 16.6. The molecule has 1 aromatic carbocycles. The van der Waals surface area contributed by atoms with Crippen molar-refractivity contribution >= 4 is 17.6 Å². The van der Waals surface area contributed by atoms with Crippen LogP contribution in [0.15, 0.2) is 52.6 Å². The molecule has 8 nitrogen and oxygen atoms in total. The predicted octanol–water partition coefficient (Wildman–Crippen LogP) is 4.42. The lowest BCUT2D eigenvalue weighted by atomic mass is 10.1. The maximum atomic E-state index is 11.4. The summed E-state index contributed by atoms with van der Waals surface area (Å²) in [5.74, 6) is 1.49. The van der Waals surface area contributed by atoms with E-state index in [-0.39, 0.29) is 10.6 Å². The van der Waals surface area contributed by atoms with Crippen LogP contribution in [0.1, 0.15) is 30.8 Å². The lowest BCUT2D eigenvalue weighted by Crippen LogP contribution is -2.26. The van der Waals surface area contributed by atoms with Crippen molar-refractivity contribution in [3.05, 3.63) is 69.7 Å². The standard InChI is InChI=1S/C21H21N5O3/c1-15-9-10-18(26(27)28)20(22-15)25-12-5-6-16(11-13-25)14-19-23-21(29-24-19)17-7-3-2-4-8-17/h2-4,7-10,14H,5-6,11-13H2,1H3/b16-14-. The Morgan fingerprint density at radius 3 is 2.72 bits per heavy atom. The minimum absolute atomic E-state index is 0.0497. The average Bonchev–Trinajstić information content (AvgIpc) is 3.06. The number of nitro groups is 1. The first kappa shape index (κ1) is 18.8. The van der Waals surface area contributed by atoms with E-state index in [0.29, 0.717) is 24.1 Å². The molecule has 3 aromatic rings. The zero-order valence-corrected chi connectivity index (χ0v) is 16.1. The molecule has 0 radical (unpaired) electrons. The van der Waals surface area contributed by atoms with E-state index in [1.807, 2.05) is 48.2 Å². The van der Waals surface area contributed by atoms with Crippen molar-refractivity contribution in [2.75, 3.05) is 18.0 Å². The summed E-state index contributed by atoms with van der Waals surface area (Å²) in [6.45, 7) is 3.22. The van der Waals surface area contributed by atoms with Crippen molar-refractivity contribution in [1.82, 2.24) is 15.1 Å². The van der Waals surface area contributed by atoms with Gasteiger partial charge in [-0.3, -0.25) is 10.1 Å². The Morgan fingerprint density at radius 1 is 1.10 bits per heavy atom. The van der Waals surface area contributed by atoms with E-state index >= 15 is 0 Å². The summed E-state index contributed by atoms with van der Waals surface area (Å²) in [4.78, 5) is 21.9. The molecule has 3 heterocycles. The molecule has 1 aliphatic heterocycles. The van der Waals surface area contributed by atoms with Gasteiger partial charge < -0.3 is 9.42 Å². The smallest absolute Gasteiger partial charge is 0.311 e. The molecule has 0 unspecified atom stereocenters. The van der Waals surface area contributed by atoms with Gasteiger partial charge in [0.15, 0.2) is 5.82 Å². The van der Waals surface area contributed by atoms with Crippen LogP contribution in [-0.4, -0.2) is 33.1 Å². The molecule has 0 atom stereocenters. The molecule has 0 amide bonds. The highest BCUT2D eigenvalue weighted by Crippen LogP contribution is 2.29. The van der Waals surface area contributed by atoms with E-state index in [0.717, 1.165) is 37.1 Å². The fourth-order valence-corrected chi connectivity index (χ4v) is 3.45. The Hall–Kier alpha value is -3.55. The second kappa shape index (κ2) is 8.22. The summed E-state index contributed by atoms with van der Waals surface area (Å²) >= 11 is 0. The van der Waals surface area contributed by atoms with E-state index in [4.69, 9.17) is 4.52 Å². The molecular formula is C21H21N5O3. The number of pyridine rings is 1. The van der Waals surface area contributed by atoms with E-state index in [9.17, 15) is 10.1 Å². The second-order valence-corrected chi connectivity index (χ2v) is 7.02. The van der Waals surface area contributed by atoms with Crippen LogP contribution in [-0.2, 0) is 0 Å². The fraction of sp³-hybridized carbons (Fsp3) is 0.286. The summed E-state index contributed by atoms with van der Waals surface area (Å²) in [5.41, 5.74) is 2.90. The largest absolute Gasteiger partial charge is 0.351 e. The maximum absolute atomic E-state index is 11.4. The number of hydrogen-bond acceptors (Lipinski definition) is 7. The van der Waals surface area contributed by atoms with Crippen molar-refractivity contribution in [3.63, 3.8) is 0 Å². The van der Waals surface area contributed by atoms with E-state index in [1.165, 1.54) is 11.6 Å². The number of aromatic nitrogens is 3. The molecule has 0 aliphatic carbocycles. The van der Waals surface area contributed by atoms with E-state index in [2.05, 4.69) is 15.1 Å². The highest BCUT2D eigenvalue weighted by molar-refractivity contribution is 5.59. The first-order chi connectivity index (χ1) is 14.1. The van der Waals surface area contributed by atoms with Gasteiger partial charge >= 0.3 is 5.69 Å². The molecule has 0 N–H and O–H groups in total. The van der Waals surface area contributed by atoms with Gasteiger partial charge in [-0.05, 0) is 50.5 Å². The summed E-state index contributed by atoms with van der Waals surface area (Å²) in [6, 6.07) is 12.8. The van der Waals surface area contributed by atoms with Crippen molar-refractivity contribution in [2.24, 2.45) is 0 Å². The molecule has 1 saturated heterocycles. The van der Waals surface area contributed by atoms with Crippen molar-refractivity contribution in [1.29, 1.82) is 0 Å². The van der Waals surface area contributed by atoms with Crippen LogP contribution < -0.4 is 4.90 Å². The number of benzene rings is 1. The normalized spacial score (nSPS) is 16.0. The van der Waals surface area contributed by atoms with Gasteiger partial charge in [0, 0.05) is 30.4 Å². The lowest BCUT2D eigenvalue weighted by molar-refractivity contribution is -0.384. The molecule has 0 bridgehead atoms. The van der Waals surface area contributed by atoms with Gasteiger partial charge in [0.05, 0.1) is 4.92 Å². The highest BCUT2D eigenvalue weighted by Gasteiger charge is 2.23. The summed E-state index contributed by atoms with van der Waals surface area (Å²) in [7, 11) is 0. The third kappa shape index (κ3) is 4.31. The van der Waals surface area contributed by atoms with Gasteiger partial charge in [-0.15, -0.1) is 0 Å². The van der Waals surface area contributed by atoms with Gasteiger partial charge in [0.2, 0.25) is 5.82 Å². The van der Waals surface area contributed by atoms with Gasteiger partial charge in [-0.1, -0.05) is 28.9 Å². The Bertz CT molecular complexity index is 1050. The monoisotopic (exact) mass is 391 g/mol. The van der Waals surface area contributed by atoms with Crippen molar-refractivity contribution in [3.8, 4) is 11.5 Å². The third-order valence-corrected chi connectivity index (χ3v) is 4.91. The summed E-state index contributed by atoms with van der Waals surface area (Å²) < 4.78 is 5.37. The number of hydrogen-bond donors (Lipinski definition) is 0. The van der Waals surface area contributed by atoms with Crippen LogP contribution in [0.3, 0.4) is 0 Å². The molecular weight excluding hydrogens is 370 g/mol. The quantitative estimate of drug-likeness (QED) is 0.479. The van der Waals surface area contributed by atoms with Crippen LogP contribution in [0.5, 0.6) is 0 Å².